The number of aliphatic hydroxyl groups excluding tert-OH is 1. The van der Waals surface area contributed by atoms with Gasteiger partial charge in [-0.2, -0.15) is 0 Å². The van der Waals surface area contributed by atoms with Crippen LogP contribution in [-0.4, -0.2) is 29.2 Å². The minimum Gasteiger partial charge on any atom is -0.392 e. The van der Waals surface area contributed by atoms with Crippen molar-refractivity contribution in [3.8, 4) is 0 Å². The average molecular weight is 385 g/mol. The molecule has 28 heavy (non-hydrogen) atoms. The lowest BCUT2D eigenvalue weighted by molar-refractivity contribution is -0.118. The Morgan fingerprint density at radius 2 is 2.11 bits per heavy atom. The summed E-state index contributed by atoms with van der Waals surface area (Å²) in [6, 6.07) is 0. The summed E-state index contributed by atoms with van der Waals surface area (Å²) in [4.78, 5) is 12.6. The minimum absolute atomic E-state index is 0.0126. The molecule has 0 amide bonds. The summed E-state index contributed by atoms with van der Waals surface area (Å²) in [5.41, 5.74) is 3.55. The Bertz CT molecular complexity index is 756. The van der Waals surface area contributed by atoms with E-state index in [4.69, 9.17) is 4.74 Å². The normalized spacial score (nSPS) is 45.2. The van der Waals surface area contributed by atoms with Crippen molar-refractivity contribution in [1.29, 1.82) is 0 Å². The molecule has 1 heterocycles. The van der Waals surface area contributed by atoms with Crippen molar-refractivity contribution in [3.05, 3.63) is 34.9 Å². The van der Waals surface area contributed by atoms with Gasteiger partial charge in [-0.15, -0.1) is 0 Å². The number of hydrogen-bond acceptors (Lipinski definition) is 3. The lowest BCUT2D eigenvalue weighted by Gasteiger charge is -2.44. The largest absolute Gasteiger partial charge is 0.392 e. The van der Waals surface area contributed by atoms with E-state index in [1.54, 1.807) is 0 Å². The predicted molar refractivity (Wildman–Crippen MR) is 112 cm³/mol. The van der Waals surface area contributed by atoms with Gasteiger partial charge in [0.05, 0.1) is 24.2 Å². The fourth-order valence-electron chi connectivity index (χ4n) is 7.01. The number of rotatable bonds is 2. The molecule has 0 unspecified atom stereocenters. The Morgan fingerprint density at radius 3 is 2.79 bits per heavy atom. The smallest absolute Gasteiger partial charge is 0.163 e. The molecule has 3 heteroatoms. The van der Waals surface area contributed by atoms with Gasteiger partial charge in [-0.1, -0.05) is 37.1 Å². The molecule has 3 nitrogen and oxygen atoms in total. The monoisotopic (exact) mass is 384 g/mol. The molecule has 0 aromatic carbocycles. The van der Waals surface area contributed by atoms with Crippen molar-refractivity contribution in [2.24, 2.45) is 29.1 Å². The topological polar surface area (TPSA) is 46.5 Å². The molecule has 0 radical (unpaired) electrons. The van der Waals surface area contributed by atoms with Gasteiger partial charge in [0.15, 0.2) is 5.78 Å². The standard InChI is InChI=1S/C25H36O3/c1-15(2)10-19-12-17(4)25(28-19)9-8-24(5)13-20-16(3)11-21(27)23(20)18(14-26)6-7-22(24)25/h6,10-11,17,19-20,22-23,26H,7-9,12-14H2,1-5H3/t17-,19-,20+,22+,23+,24+,25-/m0/s1. The fourth-order valence-corrected chi connectivity index (χ4v) is 7.01. The molecule has 7 atom stereocenters. The van der Waals surface area contributed by atoms with Gasteiger partial charge in [0.25, 0.3) is 0 Å². The van der Waals surface area contributed by atoms with Crippen molar-refractivity contribution in [3.63, 3.8) is 0 Å². The maximum atomic E-state index is 12.6. The van der Waals surface area contributed by atoms with E-state index in [9.17, 15) is 9.90 Å². The van der Waals surface area contributed by atoms with Gasteiger partial charge in [0.2, 0.25) is 0 Å². The van der Waals surface area contributed by atoms with Crippen LogP contribution in [-0.2, 0) is 9.53 Å². The van der Waals surface area contributed by atoms with Gasteiger partial charge in [-0.05, 0) is 87.7 Å². The van der Waals surface area contributed by atoms with Gasteiger partial charge in [0.1, 0.15) is 0 Å². The number of hydrogen-bond donors (Lipinski definition) is 1. The molecule has 0 aromatic rings. The SMILES string of the molecule is CC(C)=C[C@H]1C[C@H](C)[C@]2(CC[C@]3(C)C[C@@H]4C(C)=CC(=O)[C@@H]4C(CO)=CC[C@H]32)O1. The second-order valence-corrected chi connectivity index (χ2v) is 10.5. The van der Waals surface area contributed by atoms with E-state index in [1.807, 2.05) is 6.08 Å². The highest BCUT2D eigenvalue weighted by molar-refractivity contribution is 5.97. The van der Waals surface area contributed by atoms with Gasteiger partial charge < -0.3 is 9.84 Å². The molecule has 4 aliphatic rings. The molecule has 1 saturated heterocycles. The summed E-state index contributed by atoms with van der Waals surface area (Å²) in [5.74, 6) is 1.25. The fraction of sp³-hybridized carbons (Fsp3) is 0.720. The first-order valence-corrected chi connectivity index (χ1v) is 11.0. The van der Waals surface area contributed by atoms with Crippen molar-refractivity contribution >= 4 is 5.78 Å². The molecule has 1 spiro atoms. The Hall–Kier alpha value is -1.19. The molecule has 0 aromatic heterocycles. The van der Waals surface area contributed by atoms with E-state index in [1.165, 1.54) is 11.1 Å². The third kappa shape index (κ3) is 2.97. The van der Waals surface area contributed by atoms with Gasteiger partial charge in [-0.3, -0.25) is 4.79 Å². The maximum Gasteiger partial charge on any atom is 0.163 e. The molecule has 0 bridgehead atoms. The van der Waals surface area contributed by atoms with Gasteiger partial charge in [0, 0.05) is 0 Å². The first kappa shape index (κ1) is 20.1. The Labute approximate surface area is 169 Å². The van der Waals surface area contributed by atoms with E-state index in [2.05, 4.69) is 46.8 Å². The lowest BCUT2D eigenvalue weighted by atomic mass is 9.62. The van der Waals surface area contributed by atoms with Crippen LogP contribution in [0.15, 0.2) is 34.9 Å². The highest BCUT2D eigenvalue weighted by Crippen LogP contribution is 2.63. The van der Waals surface area contributed by atoms with Crippen molar-refractivity contribution in [1.82, 2.24) is 0 Å². The van der Waals surface area contributed by atoms with Crippen LogP contribution in [0.1, 0.15) is 66.7 Å². The van der Waals surface area contributed by atoms with E-state index < -0.39 is 0 Å². The lowest BCUT2D eigenvalue weighted by Crippen LogP contribution is -2.44. The summed E-state index contributed by atoms with van der Waals surface area (Å²) < 4.78 is 6.84. The Balaban J connectivity index is 1.72. The number of allylic oxidation sites excluding steroid dienone is 4. The Kier molecular flexibility index (Phi) is 4.99. The van der Waals surface area contributed by atoms with Crippen molar-refractivity contribution in [2.75, 3.05) is 6.61 Å². The van der Waals surface area contributed by atoms with E-state index in [0.717, 1.165) is 37.7 Å². The summed E-state index contributed by atoms with van der Waals surface area (Å²) in [5, 5.41) is 10.0. The molecular formula is C25H36O3. The second-order valence-electron chi connectivity index (χ2n) is 10.5. The van der Waals surface area contributed by atoms with Gasteiger partial charge in [-0.25, -0.2) is 0 Å². The van der Waals surface area contributed by atoms with Crippen LogP contribution >= 0.6 is 0 Å². The van der Waals surface area contributed by atoms with Crippen LogP contribution in [0.3, 0.4) is 0 Å². The van der Waals surface area contributed by atoms with Crippen LogP contribution in [0, 0.1) is 29.1 Å². The van der Waals surface area contributed by atoms with Gasteiger partial charge >= 0.3 is 0 Å². The predicted octanol–water partition coefficient (Wildman–Crippen LogP) is 5.01. The first-order chi connectivity index (χ1) is 13.2. The van der Waals surface area contributed by atoms with E-state index in [0.29, 0.717) is 11.8 Å². The van der Waals surface area contributed by atoms with Crippen molar-refractivity contribution < 1.29 is 14.6 Å². The zero-order valence-corrected chi connectivity index (χ0v) is 18.1. The van der Waals surface area contributed by atoms with Crippen LogP contribution in [0.25, 0.3) is 0 Å². The molecule has 154 valence electrons. The summed E-state index contributed by atoms with van der Waals surface area (Å²) >= 11 is 0. The Morgan fingerprint density at radius 1 is 1.36 bits per heavy atom. The van der Waals surface area contributed by atoms with Crippen molar-refractivity contribution in [2.45, 2.75) is 78.4 Å². The molecule has 2 fully saturated rings. The number of carbonyl (C=O) groups is 1. The van der Waals surface area contributed by atoms with Crippen LogP contribution < -0.4 is 0 Å². The zero-order chi connectivity index (χ0) is 20.3. The number of aliphatic hydroxyl groups is 1. The number of ketones is 1. The molecular weight excluding hydrogens is 348 g/mol. The summed E-state index contributed by atoms with van der Waals surface area (Å²) in [7, 11) is 0. The second kappa shape index (κ2) is 6.95. The molecule has 1 saturated carbocycles. The van der Waals surface area contributed by atoms with Crippen LogP contribution in [0.4, 0.5) is 0 Å². The average Bonchev–Trinajstić information content (AvgIpc) is 3.14. The summed E-state index contributed by atoms with van der Waals surface area (Å²) in [6.45, 7) is 11.2. The molecule has 4 rings (SSSR count). The zero-order valence-electron chi connectivity index (χ0n) is 18.1. The number of fused-ring (bicyclic) bond motifs is 3. The highest BCUT2D eigenvalue weighted by Gasteiger charge is 2.61. The van der Waals surface area contributed by atoms with Crippen LogP contribution in [0.2, 0.25) is 0 Å². The third-order valence-corrected chi connectivity index (χ3v) is 8.38. The summed E-state index contributed by atoms with van der Waals surface area (Å²) in [6.07, 6.45) is 11.8. The molecule has 1 N–H and O–H groups in total. The molecule has 1 aliphatic heterocycles. The molecule has 3 aliphatic carbocycles. The third-order valence-electron chi connectivity index (χ3n) is 8.38. The quantitative estimate of drug-likeness (QED) is 0.681. The first-order valence-electron chi connectivity index (χ1n) is 11.0. The van der Waals surface area contributed by atoms with E-state index >= 15 is 0 Å². The maximum absolute atomic E-state index is 12.6. The highest BCUT2D eigenvalue weighted by atomic mass is 16.5. The van der Waals surface area contributed by atoms with E-state index in [-0.39, 0.29) is 41.3 Å². The minimum atomic E-state index is -0.139. The van der Waals surface area contributed by atoms with Crippen LogP contribution in [0.5, 0.6) is 0 Å². The number of carbonyl (C=O) groups excluding carboxylic acids is 1. The number of ether oxygens (including phenoxy) is 1.